The van der Waals surface area contributed by atoms with Crippen LogP contribution in [0.5, 0.6) is 0 Å². The van der Waals surface area contributed by atoms with Crippen LogP contribution in [0.3, 0.4) is 0 Å². The van der Waals surface area contributed by atoms with E-state index in [9.17, 15) is 9.90 Å². The van der Waals surface area contributed by atoms with Crippen molar-refractivity contribution in [1.29, 1.82) is 0 Å². The Hall–Kier alpha value is -1.66. The van der Waals surface area contributed by atoms with Gasteiger partial charge in [-0.3, -0.25) is 9.69 Å². The highest BCUT2D eigenvalue weighted by molar-refractivity contribution is 5.72. The number of methoxy groups -OCH3 is 1. The van der Waals surface area contributed by atoms with E-state index in [1.54, 1.807) is 0 Å². The molecule has 0 radical (unpaired) electrons. The number of carbonyl (C=O) groups excluding carboxylic acids is 1. The van der Waals surface area contributed by atoms with E-state index in [1.165, 1.54) is 7.11 Å². The van der Waals surface area contributed by atoms with Crippen LogP contribution in [-0.4, -0.2) is 66.4 Å². The molecule has 3 rings (SSSR count). The third kappa shape index (κ3) is 3.08. The van der Waals surface area contributed by atoms with E-state index in [0.717, 1.165) is 32.0 Å². The average molecular weight is 305 g/mol. The predicted octanol–water partition coefficient (Wildman–Crippen LogP) is 0.516. The lowest BCUT2D eigenvalue weighted by Gasteiger charge is -2.39. The molecule has 0 amide bonds. The Morgan fingerprint density at radius 1 is 1.27 bits per heavy atom. The standard InChI is InChI=1S/C16H23N3O3/c1-22-16(21)12-10-13(14(20)11-12)18-6-8-19(9-7-18)15-4-2-3-5-17-15/h2-5,12-14,20H,6-11H2,1H3/t12-,13-,14+/m0/s1. The molecule has 22 heavy (non-hydrogen) atoms. The third-order valence-electron chi connectivity index (χ3n) is 4.79. The van der Waals surface area contributed by atoms with Crippen LogP contribution in [0.2, 0.25) is 0 Å². The van der Waals surface area contributed by atoms with Gasteiger partial charge in [-0.15, -0.1) is 0 Å². The van der Waals surface area contributed by atoms with Crippen molar-refractivity contribution in [1.82, 2.24) is 9.88 Å². The summed E-state index contributed by atoms with van der Waals surface area (Å²) in [5.74, 6) is 0.633. The van der Waals surface area contributed by atoms with Crippen LogP contribution < -0.4 is 4.90 Å². The summed E-state index contributed by atoms with van der Waals surface area (Å²) >= 11 is 0. The van der Waals surface area contributed by atoms with Gasteiger partial charge in [0.05, 0.1) is 19.1 Å². The number of rotatable bonds is 3. The first kappa shape index (κ1) is 15.2. The normalized spacial score (nSPS) is 29.5. The number of hydrogen-bond acceptors (Lipinski definition) is 6. The van der Waals surface area contributed by atoms with E-state index in [2.05, 4.69) is 14.8 Å². The molecule has 0 bridgehead atoms. The third-order valence-corrected chi connectivity index (χ3v) is 4.79. The highest BCUT2D eigenvalue weighted by Gasteiger charge is 2.41. The molecule has 1 saturated carbocycles. The van der Waals surface area contributed by atoms with E-state index in [0.29, 0.717) is 12.8 Å². The Morgan fingerprint density at radius 2 is 2.05 bits per heavy atom. The number of aliphatic hydroxyl groups excluding tert-OH is 1. The molecule has 1 saturated heterocycles. The number of carbonyl (C=O) groups is 1. The number of aromatic nitrogens is 1. The summed E-state index contributed by atoms with van der Waals surface area (Å²) in [4.78, 5) is 20.6. The molecule has 3 atom stereocenters. The molecule has 1 aliphatic carbocycles. The maximum atomic E-state index is 11.7. The van der Waals surface area contributed by atoms with Crippen molar-refractivity contribution in [3.63, 3.8) is 0 Å². The number of aliphatic hydroxyl groups is 1. The molecular weight excluding hydrogens is 282 g/mol. The van der Waals surface area contributed by atoms with E-state index in [-0.39, 0.29) is 17.9 Å². The molecule has 1 N–H and O–H groups in total. The molecule has 2 aliphatic rings. The number of pyridine rings is 1. The van der Waals surface area contributed by atoms with Gasteiger partial charge in [-0.1, -0.05) is 6.07 Å². The van der Waals surface area contributed by atoms with Gasteiger partial charge < -0.3 is 14.7 Å². The van der Waals surface area contributed by atoms with Crippen molar-refractivity contribution >= 4 is 11.8 Å². The van der Waals surface area contributed by atoms with E-state index >= 15 is 0 Å². The number of hydrogen-bond donors (Lipinski definition) is 1. The molecule has 0 unspecified atom stereocenters. The fraction of sp³-hybridized carbons (Fsp3) is 0.625. The van der Waals surface area contributed by atoms with Gasteiger partial charge in [0.15, 0.2) is 0 Å². The van der Waals surface area contributed by atoms with Gasteiger partial charge in [0.25, 0.3) is 0 Å². The van der Waals surface area contributed by atoms with Gasteiger partial charge in [-0.05, 0) is 25.0 Å². The Bertz CT molecular complexity index is 503. The second-order valence-corrected chi connectivity index (χ2v) is 6.04. The molecule has 6 nitrogen and oxygen atoms in total. The second kappa shape index (κ2) is 6.62. The monoisotopic (exact) mass is 305 g/mol. The Labute approximate surface area is 130 Å². The molecule has 120 valence electrons. The number of nitrogens with zero attached hydrogens (tertiary/aromatic N) is 3. The van der Waals surface area contributed by atoms with Gasteiger partial charge in [-0.25, -0.2) is 4.98 Å². The lowest BCUT2D eigenvalue weighted by molar-refractivity contribution is -0.145. The molecule has 1 aromatic rings. The van der Waals surface area contributed by atoms with Crippen molar-refractivity contribution in [2.75, 3.05) is 38.2 Å². The Balaban J connectivity index is 1.56. The van der Waals surface area contributed by atoms with Crippen LogP contribution in [0.25, 0.3) is 0 Å². The van der Waals surface area contributed by atoms with Gasteiger partial charge >= 0.3 is 5.97 Å². The summed E-state index contributed by atoms with van der Waals surface area (Å²) in [5, 5.41) is 10.3. The fourth-order valence-corrected chi connectivity index (χ4v) is 3.57. The highest BCUT2D eigenvalue weighted by Crippen LogP contribution is 2.31. The zero-order valence-corrected chi connectivity index (χ0v) is 12.9. The Morgan fingerprint density at radius 3 is 2.68 bits per heavy atom. The zero-order chi connectivity index (χ0) is 15.5. The predicted molar refractivity (Wildman–Crippen MR) is 82.6 cm³/mol. The fourth-order valence-electron chi connectivity index (χ4n) is 3.57. The van der Waals surface area contributed by atoms with Crippen molar-refractivity contribution in [3.05, 3.63) is 24.4 Å². The average Bonchev–Trinajstić information content (AvgIpc) is 2.97. The van der Waals surface area contributed by atoms with Crippen molar-refractivity contribution < 1.29 is 14.6 Å². The molecule has 1 aromatic heterocycles. The largest absolute Gasteiger partial charge is 0.469 e. The lowest BCUT2D eigenvalue weighted by atomic mass is 10.1. The lowest BCUT2D eigenvalue weighted by Crippen LogP contribution is -2.52. The van der Waals surface area contributed by atoms with E-state index in [1.807, 2.05) is 24.4 Å². The van der Waals surface area contributed by atoms with Crippen LogP contribution in [0, 0.1) is 5.92 Å². The van der Waals surface area contributed by atoms with E-state index < -0.39 is 6.10 Å². The van der Waals surface area contributed by atoms with Crippen LogP contribution >= 0.6 is 0 Å². The van der Waals surface area contributed by atoms with Gasteiger partial charge in [0.2, 0.25) is 0 Å². The smallest absolute Gasteiger partial charge is 0.308 e. The first-order valence-electron chi connectivity index (χ1n) is 7.85. The number of anilines is 1. The molecule has 0 aromatic carbocycles. The summed E-state index contributed by atoms with van der Waals surface area (Å²) in [6, 6.07) is 6.00. The van der Waals surface area contributed by atoms with E-state index in [4.69, 9.17) is 4.74 Å². The molecule has 6 heteroatoms. The molecular formula is C16H23N3O3. The van der Waals surface area contributed by atoms with Crippen LogP contribution in [-0.2, 0) is 9.53 Å². The first-order valence-corrected chi connectivity index (χ1v) is 7.85. The Kier molecular flexibility index (Phi) is 4.59. The SMILES string of the molecule is COC(=O)[C@@H]1C[C@@H](O)[C@@H](N2CCN(c3ccccn3)CC2)C1. The molecule has 2 heterocycles. The number of piperazine rings is 1. The topological polar surface area (TPSA) is 65.9 Å². The van der Waals surface area contributed by atoms with Crippen molar-refractivity contribution in [2.45, 2.75) is 25.0 Å². The maximum absolute atomic E-state index is 11.7. The van der Waals surface area contributed by atoms with Crippen molar-refractivity contribution in [2.24, 2.45) is 5.92 Å². The molecule has 0 spiro atoms. The van der Waals surface area contributed by atoms with Crippen LogP contribution in [0.4, 0.5) is 5.82 Å². The summed E-state index contributed by atoms with van der Waals surface area (Å²) in [6.45, 7) is 3.55. The summed E-state index contributed by atoms with van der Waals surface area (Å²) in [5.41, 5.74) is 0. The quantitative estimate of drug-likeness (QED) is 0.821. The minimum Gasteiger partial charge on any atom is -0.469 e. The van der Waals surface area contributed by atoms with Gasteiger partial charge in [-0.2, -0.15) is 0 Å². The minimum absolute atomic E-state index is 0.0648. The number of ether oxygens (including phenoxy) is 1. The summed E-state index contributed by atoms with van der Waals surface area (Å²) in [6.07, 6.45) is 2.57. The molecule has 1 aliphatic heterocycles. The number of esters is 1. The van der Waals surface area contributed by atoms with Gasteiger partial charge in [0, 0.05) is 38.4 Å². The molecule has 2 fully saturated rings. The van der Waals surface area contributed by atoms with Crippen molar-refractivity contribution in [3.8, 4) is 0 Å². The zero-order valence-electron chi connectivity index (χ0n) is 12.9. The second-order valence-electron chi connectivity index (χ2n) is 6.04. The summed E-state index contributed by atoms with van der Waals surface area (Å²) < 4.78 is 4.81. The van der Waals surface area contributed by atoms with Crippen LogP contribution in [0.15, 0.2) is 24.4 Å². The highest BCUT2D eigenvalue weighted by atomic mass is 16.5. The minimum atomic E-state index is -0.439. The summed E-state index contributed by atoms with van der Waals surface area (Å²) in [7, 11) is 1.41. The van der Waals surface area contributed by atoms with Crippen LogP contribution in [0.1, 0.15) is 12.8 Å². The first-order chi connectivity index (χ1) is 10.7. The van der Waals surface area contributed by atoms with Gasteiger partial charge in [0.1, 0.15) is 5.82 Å². The maximum Gasteiger partial charge on any atom is 0.308 e.